The Morgan fingerprint density at radius 2 is 0.661 bits per heavy atom. The lowest BCUT2D eigenvalue weighted by molar-refractivity contribution is 0.627. The van der Waals surface area contributed by atoms with Crippen LogP contribution in [-0.4, -0.2) is 13.4 Å². The minimum atomic E-state index is -0.382. The van der Waals surface area contributed by atoms with Gasteiger partial charge in [-0.15, -0.1) is 0 Å². The standard InChI is InChI=1S/C48H38B2F4N2/c1-27-19-29(3)47(30(4)20-27)49-39-23-35(53)11-17-43(39)55(37-13-7-33(51)8-14-37)45-26-46-42(25-41(45)49)50(48-31(5)21-28(2)22-32(48)6)40-24-36(54)12-18-44(40)56(46)38-15-9-34(52)10-16-38/h7-26H,1-6H3. The molecule has 0 aliphatic carbocycles. The Bertz CT molecular complexity index is 2500. The molecule has 0 saturated heterocycles. The first-order valence-corrected chi connectivity index (χ1v) is 18.9. The maximum Gasteiger partial charge on any atom is 0.247 e. The van der Waals surface area contributed by atoms with E-state index >= 15 is 8.78 Å². The van der Waals surface area contributed by atoms with Crippen LogP contribution in [0.3, 0.4) is 0 Å². The molecule has 0 radical (unpaired) electrons. The molecule has 0 aromatic heterocycles. The normalized spacial score (nSPS) is 13.0. The number of anilines is 6. The van der Waals surface area contributed by atoms with Crippen molar-refractivity contribution >= 4 is 80.3 Å². The fourth-order valence-corrected chi connectivity index (χ4v) is 9.63. The van der Waals surface area contributed by atoms with E-state index in [1.54, 1.807) is 48.5 Å². The van der Waals surface area contributed by atoms with E-state index in [2.05, 4.69) is 87.7 Å². The van der Waals surface area contributed by atoms with Crippen molar-refractivity contribution in [3.05, 3.63) is 178 Å². The molecule has 0 fully saturated rings. The third-order valence-electron chi connectivity index (χ3n) is 11.6. The van der Waals surface area contributed by atoms with Crippen LogP contribution in [0.4, 0.5) is 51.7 Å². The summed E-state index contributed by atoms with van der Waals surface area (Å²) in [6.45, 7) is 11.8. The molecular weight excluding hydrogens is 702 g/mol. The van der Waals surface area contributed by atoms with Crippen molar-refractivity contribution in [3.8, 4) is 0 Å². The van der Waals surface area contributed by atoms with E-state index in [4.69, 9.17) is 0 Å². The van der Waals surface area contributed by atoms with Crippen LogP contribution in [0, 0.1) is 64.8 Å². The lowest BCUT2D eigenvalue weighted by atomic mass is 9.30. The van der Waals surface area contributed by atoms with E-state index in [1.807, 2.05) is 0 Å². The Morgan fingerprint density at radius 3 is 1.02 bits per heavy atom. The third kappa shape index (κ3) is 5.73. The molecule has 7 aromatic carbocycles. The highest BCUT2D eigenvalue weighted by atomic mass is 19.1. The minimum Gasteiger partial charge on any atom is -0.311 e. The van der Waals surface area contributed by atoms with E-state index in [1.165, 1.54) is 36.4 Å². The molecule has 2 aliphatic heterocycles. The Kier molecular flexibility index (Phi) is 8.49. The van der Waals surface area contributed by atoms with E-state index in [0.29, 0.717) is 11.4 Å². The zero-order valence-electron chi connectivity index (χ0n) is 32.1. The van der Waals surface area contributed by atoms with Gasteiger partial charge in [-0.2, -0.15) is 0 Å². The maximum absolute atomic E-state index is 15.6. The SMILES string of the molecule is Cc1cc(C)c(B2c3cc(F)ccc3N(c3ccc(F)cc3)c3cc4c(cc32)B(c2c(C)cc(C)cc2C)c2cc(F)ccc2N4c2ccc(F)cc2)c(C)c1. The molecule has 8 heteroatoms. The number of hydrogen-bond donors (Lipinski definition) is 0. The molecule has 0 amide bonds. The number of aryl methyl sites for hydroxylation is 6. The molecule has 0 N–H and O–H groups in total. The summed E-state index contributed by atoms with van der Waals surface area (Å²) in [6.07, 6.45) is 0. The van der Waals surface area contributed by atoms with Gasteiger partial charge in [0.15, 0.2) is 0 Å². The molecule has 0 unspecified atom stereocenters. The molecule has 2 nitrogen and oxygen atoms in total. The fourth-order valence-electron chi connectivity index (χ4n) is 9.63. The van der Waals surface area contributed by atoms with Crippen LogP contribution in [0.5, 0.6) is 0 Å². The minimum absolute atomic E-state index is 0.354. The summed E-state index contributed by atoms with van der Waals surface area (Å²) in [5, 5.41) is 0. The van der Waals surface area contributed by atoms with Crippen molar-refractivity contribution in [1.82, 2.24) is 0 Å². The molecule has 2 aliphatic rings. The van der Waals surface area contributed by atoms with E-state index in [9.17, 15) is 8.78 Å². The number of halogens is 4. The zero-order valence-corrected chi connectivity index (χ0v) is 32.1. The Labute approximate surface area is 326 Å². The smallest absolute Gasteiger partial charge is 0.247 e. The molecule has 0 spiro atoms. The van der Waals surface area contributed by atoms with Gasteiger partial charge < -0.3 is 9.80 Å². The molecule has 0 bridgehead atoms. The second-order valence-corrected chi connectivity index (χ2v) is 15.5. The van der Waals surface area contributed by atoms with Crippen LogP contribution in [0.25, 0.3) is 0 Å². The topological polar surface area (TPSA) is 6.48 Å². The molecule has 2 heterocycles. The second-order valence-electron chi connectivity index (χ2n) is 15.5. The van der Waals surface area contributed by atoms with Crippen LogP contribution < -0.4 is 42.6 Å². The average Bonchev–Trinajstić information content (AvgIpc) is 3.14. The first kappa shape index (κ1) is 35.7. The number of hydrogen-bond acceptors (Lipinski definition) is 2. The van der Waals surface area contributed by atoms with Crippen molar-refractivity contribution in [2.75, 3.05) is 9.80 Å². The van der Waals surface area contributed by atoms with Crippen molar-refractivity contribution in [2.24, 2.45) is 0 Å². The quantitative estimate of drug-likeness (QED) is 0.132. The van der Waals surface area contributed by atoms with Crippen LogP contribution in [0.2, 0.25) is 0 Å². The van der Waals surface area contributed by atoms with Crippen LogP contribution >= 0.6 is 0 Å². The monoisotopic (exact) mass is 740 g/mol. The highest BCUT2D eigenvalue weighted by molar-refractivity contribution is 7.01. The summed E-state index contributed by atoms with van der Waals surface area (Å²) in [5.41, 5.74) is 16.9. The zero-order chi connectivity index (χ0) is 39.2. The van der Waals surface area contributed by atoms with Gasteiger partial charge in [-0.25, -0.2) is 17.6 Å². The van der Waals surface area contributed by atoms with Gasteiger partial charge in [0.1, 0.15) is 23.3 Å². The second kappa shape index (κ2) is 13.3. The van der Waals surface area contributed by atoms with E-state index in [0.717, 1.165) is 88.9 Å². The van der Waals surface area contributed by atoms with Gasteiger partial charge in [-0.05, 0) is 154 Å². The molecule has 0 atom stereocenters. The van der Waals surface area contributed by atoms with Crippen LogP contribution in [0.15, 0.2) is 121 Å². The van der Waals surface area contributed by atoms with Crippen molar-refractivity contribution in [2.45, 2.75) is 41.5 Å². The van der Waals surface area contributed by atoms with Crippen molar-refractivity contribution in [1.29, 1.82) is 0 Å². The number of rotatable bonds is 4. The Hall–Kier alpha value is -6.01. The summed E-state index contributed by atoms with van der Waals surface area (Å²) in [4.78, 5) is 4.17. The summed E-state index contributed by atoms with van der Waals surface area (Å²) in [5.74, 6) is -1.44. The third-order valence-corrected chi connectivity index (χ3v) is 11.6. The predicted molar refractivity (Wildman–Crippen MR) is 226 cm³/mol. The van der Waals surface area contributed by atoms with Crippen LogP contribution in [-0.2, 0) is 0 Å². The molecule has 274 valence electrons. The highest BCUT2D eigenvalue weighted by Crippen LogP contribution is 2.42. The first-order chi connectivity index (χ1) is 26.9. The fraction of sp³-hybridized carbons (Fsp3) is 0.125. The van der Waals surface area contributed by atoms with Crippen molar-refractivity contribution in [3.63, 3.8) is 0 Å². The van der Waals surface area contributed by atoms with Gasteiger partial charge in [0.25, 0.3) is 0 Å². The molecule has 0 saturated carbocycles. The van der Waals surface area contributed by atoms with Crippen molar-refractivity contribution < 1.29 is 17.6 Å². The van der Waals surface area contributed by atoms with E-state index in [-0.39, 0.29) is 36.7 Å². The lowest BCUT2D eigenvalue weighted by Gasteiger charge is -2.42. The van der Waals surface area contributed by atoms with Gasteiger partial charge in [0.05, 0.1) is 0 Å². The Morgan fingerprint density at radius 1 is 0.339 bits per heavy atom. The van der Waals surface area contributed by atoms with Gasteiger partial charge in [0.2, 0.25) is 13.4 Å². The molecule has 56 heavy (non-hydrogen) atoms. The summed E-state index contributed by atoms with van der Waals surface area (Å²) in [7, 11) is 0. The average molecular weight is 740 g/mol. The number of fused-ring (bicyclic) bond motifs is 4. The largest absolute Gasteiger partial charge is 0.311 e. The van der Waals surface area contributed by atoms with Crippen LogP contribution in [0.1, 0.15) is 33.4 Å². The maximum atomic E-state index is 15.6. The predicted octanol–water partition coefficient (Wildman–Crippen LogP) is 8.69. The van der Waals surface area contributed by atoms with Gasteiger partial charge in [-0.1, -0.05) is 74.6 Å². The number of nitrogens with zero attached hydrogens (tertiary/aromatic N) is 2. The lowest BCUT2D eigenvalue weighted by Crippen LogP contribution is -2.63. The first-order valence-electron chi connectivity index (χ1n) is 18.9. The van der Waals surface area contributed by atoms with Gasteiger partial charge >= 0.3 is 0 Å². The van der Waals surface area contributed by atoms with Gasteiger partial charge in [-0.3, -0.25) is 0 Å². The molecular formula is C48H38B2F4N2. The Balaban J connectivity index is 1.45. The van der Waals surface area contributed by atoms with Gasteiger partial charge in [0, 0.05) is 34.1 Å². The molecule has 9 rings (SSSR count). The highest BCUT2D eigenvalue weighted by Gasteiger charge is 2.43. The van der Waals surface area contributed by atoms with E-state index < -0.39 is 0 Å². The summed E-state index contributed by atoms with van der Waals surface area (Å²) >= 11 is 0. The summed E-state index contributed by atoms with van der Waals surface area (Å²) < 4.78 is 60.3. The molecule has 7 aromatic rings. The number of benzene rings is 7. The summed E-state index contributed by atoms with van der Waals surface area (Å²) in [6, 6.07) is 35.6.